The van der Waals surface area contributed by atoms with Crippen LogP contribution < -0.4 is 9.47 Å². The number of carbonyl (C=O) groups is 1. The zero-order chi connectivity index (χ0) is 19.8. The highest BCUT2D eigenvalue weighted by molar-refractivity contribution is 9.10. The smallest absolute Gasteiger partial charge is 0.253 e. The summed E-state index contributed by atoms with van der Waals surface area (Å²) in [6.45, 7) is 1.41. The molecule has 1 amide bonds. The van der Waals surface area contributed by atoms with Gasteiger partial charge in [0.1, 0.15) is 24.7 Å². The van der Waals surface area contributed by atoms with Crippen LogP contribution in [-0.4, -0.2) is 31.1 Å². The first-order valence-electron chi connectivity index (χ1n) is 9.03. The average Bonchev–Trinajstić information content (AvgIpc) is 2.73. The molecule has 0 radical (unpaired) electrons. The number of halogens is 1. The Balaban J connectivity index is 1.53. The van der Waals surface area contributed by atoms with Gasteiger partial charge in [0.05, 0.1) is 4.47 Å². The molecule has 0 bridgehead atoms. The van der Waals surface area contributed by atoms with Crippen molar-refractivity contribution in [2.45, 2.75) is 6.54 Å². The Bertz CT molecular complexity index is 900. The summed E-state index contributed by atoms with van der Waals surface area (Å²) in [7, 11) is 1.80. The van der Waals surface area contributed by atoms with Gasteiger partial charge in [0, 0.05) is 19.2 Å². The normalized spacial score (nSPS) is 10.4. The number of nitrogens with zero attached hydrogens (tertiary/aromatic N) is 1. The van der Waals surface area contributed by atoms with Crippen LogP contribution in [0.4, 0.5) is 0 Å². The van der Waals surface area contributed by atoms with Gasteiger partial charge in [0.2, 0.25) is 0 Å². The summed E-state index contributed by atoms with van der Waals surface area (Å²) in [6, 6.07) is 24.9. The van der Waals surface area contributed by atoms with Crippen molar-refractivity contribution < 1.29 is 14.3 Å². The molecule has 28 heavy (non-hydrogen) atoms. The van der Waals surface area contributed by atoms with Crippen LogP contribution >= 0.6 is 15.9 Å². The summed E-state index contributed by atoms with van der Waals surface area (Å²) >= 11 is 3.49. The Morgan fingerprint density at radius 2 is 1.54 bits per heavy atom. The van der Waals surface area contributed by atoms with Crippen molar-refractivity contribution in [3.05, 3.63) is 94.5 Å². The van der Waals surface area contributed by atoms with Crippen LogP contribution in [0, 0.1) is 0 Å². The third kappa shape index (κ3) is 5.60. The van der Waals surface area contributed by atoms with Crippen LogP contribution in [0.5, 0.6) is 11.5 Å². The molecule has 3 aromatic carbocycles. The third-order valence-corrected chi connectivity index (χ3v) is 4.76. The van der Waals surface area contributed by atoms with Crippen LogP contribution in [0.25, 0.3) is 0 Å². The molecule has 0 aliphatic heterocycles. The van der Waals surface area contributed by atoms with Gasteiger partial charge in [-0.2, -0.15) is 0 Å². The number of carbonyl (C=O) groups excluding carboxylic acids is 1. The van der Waals surface area contributed by atoms with Crippen molar-refractivity contribution in [1.82, 2.24) is 4.90 Å². The second kappa shape index (κ2) is 9.95. The molecule has 4 nitrogen and oxygen atoms in total. The molecule has 0 spiro atoms. The second-order valence-electron chi connectivity index (χ2n) is 6.30. The first-order chi connectivity index (χ1) is 13.6. The lowest BCUT2D eigenvalue weighted by atomic mass is 10.1. The van der Waals surface area contributed by atoms with Crippen LogP contribution in [-0.2, 0) is 6.54 Å². The highest BCUT2D eigenvalue weighted by Crippen LogP contribution is 2.26. The van der Waals surface area contributed by atoms with Crippen LogP contribution in [0.1, 0.15) is 15.9 Å². The van der Waals surface area contributed by atoms with Gasteiger partial charge in [-0.15, -0.1) is 0 Å². The second-order valence-corrected chi connectivity index (χ2v) is 7.16. The van der Waals surface area contributed by atoms with Crippen molar-refractivity contribution in [2.75, 3.05) is 20.3 Å². The Morgan fingerprint density at radius 1 is 0.893 bits per heavy atom. The largest absolute Gasteiger partial charge is 0.490 e. The molecule has 144 valence electrons. The summed E-state index contributed by atoms with van der Waals surface area (Å²) in [6.07, 6.45) is 0. The zero-order valence-corrected chi connectivity index (χ0v) is 17.3. The van der Waals surface area contributed by atoms with Gasteiger partial charge in [-0.25, -0.2) is 0 Å². The Labute approximate surface area is 173 Å². The van der Waals surface area contributed by atoms with E-state index in [2.05, 4.69) is 15.9 Å². The van der Waals surface area contributed by atoms with E-state index in [1.165, 1.54) is 0 Å². The lowest BCUT2D eigenvalue weighted by Gasteiger charge is -2.18. The molecule has 0 aliphatic carbocycles. The van der Waals surface area contributed by atoms with E-state index in [0.29, 0.717) is 31.1 Å². The molecule has 5 heteroatoms. The van der Waals surface area contributed by atoms with Gasteiger partial charge >= 0.3 is 0 Å². The van der Waals surface area contributed by atoms with Gasteiger partial charge in [-0.1, -0.05) is 48.5 Å². The van der Waals surface area contributed by atoms with Gasteiger partial charge in [-0.3, -0.25) is 4.79 Å². The standard InChI is InChI=1S/C23H22BrNO3/c1-25(17-18-8-4-2-5-9-18)23(26)19-12-13-22(21(24)16-19)28-15-14-27-20-10-6-3-7-11-20/h2-13,16H,14-15,17H2,1H3. The molecule has 0 saturated carbocycles. The highest BCUT2D eigenvalue weighted by atomic mass is 79.9. The van der Waals surface area contributed by atoms with Crippen molar-refractivity contribution in [1.29, 1.82) is 0 Å². The fourth-order valence-electron chi connectivity index (χ4n) is 2.73. The summed E-state index contributed by atoms with van der Waals surface area (Å²) in [5.74, 6) is 1.45. The van der Waals surface area contributed by atoms with E-state index in [0.717, 1.165) is 15.8 Å². The molecule has 0 saturated heterocycles. The van der Waals surface area contributed by atoms with E-state index in [1.54, 1.807) is 30.1 Å². The molecular weight excluding hydrogens is 418 g/mol. The maximum absolute atomic E-state index is 12.7. The lowest BCUT2D eigenvalue weighted by molar-refractivity contribution is 0.0785. The fraction of sp³-hybridized carbons (Fsp3) is 0.174. The van der Waals surface area contributed by atoms with Gasteiger partial charge in [0.15, 0.2) is 0 Å². The fourth-order valence-corrected chi connectivity index (χ4v) is 3.22. The van der Waals surface area contributed by atoms with Crippen molar-refractivity contribution >= 4 is 21.8 Å². The zero-order valence-electron chi connectivity index (χ0n) is 15.7. The summed E-state index contributed by atoms with van der Waals surface area (Å²) in [5.41, 5.74) is 1.70. The van der Waals surface area contributed by atoms with Crippen molar-refractivity contribution in [3.63, 3.8) is 0 Å². The Morgan fingerprint density at radius 3 is 2.21 bits per heavy atom. The first kappa shape index (κ1) is 20.0. The van der Waals surface area contributed by atoms with E-state index < -0.39 is 0 Å². The Hall–Kier alpha value is -2.79. The van der Waals surface area contributed by atoms with Gasteiger partial charge < -0.3 is 14.4 Å². The molecule has 0 aliphatic rings. The topological polar surface area (TPSA) is 38.8 Å². The predicted molar refractivity (Wildman–Crippen MR) is 114 cm³/mol. The van der Waals surface area contributed by atoms with Crippen molar-refractivity contribution in [2.24, 2.45) is 0 Å². The van der Waals surface area contributed by atoms with Gasteiger partial charge in [0.25, 0.3) is 5.91 Å². The molecule has 0 fully saturated rings. The number of amides is 1. The SMILES string of the molecule is CN(Cc1ccccc1)C(=O)c1ccc(OCCOc2ccccc2)c(Br)c1. The number of hydrogen-bond acceptors (Lipinski definition) is 3. The van der Waals surface area contributed by atoms with E-state index in [1.807, 2.05) is 60.7 Å². The van der Waals surface area contributed by atoms with E-state index in [4.69, 9.17) is 9.47 Å². The maximum Gasteiger partial charge on any atom is 0.253 e. The molecule has 0 aromatic heterocycles. The predicted octanol–water partition coefficient (Wildman–Crippen LogP) is 5.18. The quantitative estimate of drug-likeness (QED) is 0.453. The molecule has 0 N–H and O–H groups in total. The lowest BCUT2D eigenvalue weighted by Crippen LogP contribution is -2.26. The summed E-state index contributed by atoms with van der Waals surface area (Å²) in [4.78, 5) is 14.4. The number of rotatable bonds is 8. The van der Waals surface area contributed by atoms with Crippen LogP contribution in [0.15, 0.2) is 83.3 Å². The molecule has 0 unspecified atom stereocenters. The monoisotopic (exact) mass is 439 g/mol. The van der Waals surface area contributed by atoms with Crippen LogP contribution in [0.2, 0.25) is 0 Å². The molecule has 0 atom stereocenters. The minimum absolute atomic E-state index is 0.0384. The third-order valence-electron chi connectivity index (χ3n) is 4.14. The molecule has 0 heterocycles. The minimum atomic E-state index is -0.0384. The number of ether oxygens (including phenoxy) is 2. The first-order valence-corrected chi connectivity index (χ1v) is 9.82. The maximum atomic E-state index is 12.7. The van der Waals surface area contributed by atoms with E-state index >= 15 is 0 Å². The molecule has 3 aromatic rings. The minimum Gasteiger partial charge on any atom is -0.490 e. The van der Waals surface area contributed by atoms with Crippen LogP contribution in [0.3, 0.4) is 0 Å². The average molecular weight is 440 g/mol. The number of hydrogen-bond donors (Lipinski definition) is 0. The molecule has 3 rings (SSSR count). The van der Waals surface area contributed by atoms with E-state index in [9.17, 15) is 4.79 Å². The summed E-state index contributed by atoms with van der Waals surface area (Å²) < 4.78 is 12.1. The highest BCUT2D eigenvalue weighted by Gasteiger charge is 2.14. The number of benzene rings is 3. The molecular formula is C23H22BrNO3. The van der Waals surface area contributed by atoms with E-state index in [-0.39, 0.29) is 5.91 Å². The van der Waals surface area contributed by atoms with Crippen molar-refractivity contribution in [3.8, 4) is 11.5 Å². The number of para-hydroxylation sites is 1. The summed E-state index contributed by atoms with van der Waals surface area (Å²) in [5, 5.41) is 0. The Kier molecular flexibility index (Phi) is 7.09. The van der Waals surface area contributed by atoms with Gasteiger partial charge in [-0.05, 0) is 51.8 Å².